The summed E-state index contributed by atoms with van der Waals surface area (Å²) >= 11 is 3.34. The Morgan fingerprint density at radius 1 is 1.17 bits per heavy atom. The second-order valence-electron chi connectivity index (χ2n) is 6.83. The van der Waals surface area contributed by atoms with Crippen molar-refractivity contribution in [3.63, 3.8) is 0 Å². The highest BCUT2D eigenvalue weighted by atomic mass is 32.1. The average molecular weight is 425 g/mol. The largest absolute Gasteiger partial charge is 0.378 e. The number of anilines is 2. The van der Waals surface area contributed by atoms with Crippen LogP contribution in [0.15, 0.2) is 54.0 Å². The van der Waals surface area contributed by atoms with Gasteiger partial charge in [0.25, 0.3) is 5.91 Å². The topological polar surface area (TPSA) is 59.4 Å². The Bertz CT molecular complexity index is 1130. The van der Waals surface area contributed by atoms with Gasteiger partial charge in [-0.15, -0.1) is 11.3 Å². The summed E-state index contributed by atoms with van der Waals surface area (Å²) in [7, 11) is 0. The summed E-state index contributed by atoms with van der Waals surface area (Å²) in [4.78, 5) is 21.1. The van der Waals surface area contributed by atoms with Gasteiger partial charge in [-0.3, -0.25) is 4.79 Å². The quantitative estimate of drug-likeness (QED) is 0.519. The van der Waals surface area contributed by atoms with Crippen molar-refractivity contribution in [3.8, 4) is 0 Å². The number of amides is 1. The predicted molar refractivity (Wildman–Crippen MR) is 118 cm³/mol. The van der Waals surface area contributed by atoms with E-state index in [9.17, 15) is 4.79 Å². The molecule has 5 rings (SSSR count). The summed E-state index contributed by atoms with van der Waals surface area (Å²) in [5.41, 5.74) is 2.39. The van der Waals surface area contributed by atoms with Gasteiger partial charge in [-0.25, -0.2) is 4.98 Å². The molecule has 0 bridgehead atoms. The molecule has 8 heteroatoms. The number of hydrogen-bond acceptors (Lipinski definition) is 6. The van der Waals surface area contributed by atoms with Crippen molar-refractivity contribution in [1.29, 1.82) is 0 Å². The number of morpholine rings is 1. The van der Waals surface area contributed by atoms with Gasteiger partial charge in [0.1, 0.15) is 5.69 Å². The van der Waals surface area contributed by atoms with E-state index in [-0.39, 0.29) is 5.91 Å². The Kier molecular flexibility index (Phi) is 5.05. The smallest absolute Gasteiger partial charge is 0.272 e. The van der Waals surface area contributed by atoms with Crippen molar-refractivity contribution >= 4 is 49.6 Å². The first-order chi connectivity index (χ1) is 14.3. The van der Waals surface area contributed by atoms with Crippen LogP contribution >= 0.6 is 22.7 Å². The highest BCUT2D eigenvalue weighted by Gasteiger charge is 2.16. The Labute approximate surface area is 176 Å². The summed E-state index contributed by atoms with van der Waals surface area (Å²) in [5, 5.41) is 6.09. The van der Waals surface area contributed by atoms with Crippen molar-refractivity contribution < 1.29 is 9.53 Å². The molecule has 1 saturated heterocycles. The lowest BCUT2D eigenvalue weighted by Gasteiger charge is -2.25. The van der Waals surface area contributed by atoms with Crippen LogP contribution in [0.5, 0.6) is 0 Å². The van der Waals surface area contributed by atoms with E-state index in [1.54, 1.807) is 22.7 Å². The van der Waals surface area contributed by atoms with Gasteiger partial charge in [-0.1, -0.05) is 17.4 Å². The molecule has 29 heavy (non-hydrogen) atoms. The van der Waals surface area contributed by atoms with Crippen molar-refractivity contribution in [1.82, 2.24) is 9.55 Å². The summed E-state index contributed by atoms with van der Waals surface area (Å²) < 4.78 is 8.47. The zero-order chi connectivity index (χ0) is 19.6. The third kappa shape index (κ3) is 3.91. The molecule has 3 aromatic heterocycles. The minimum absolute atomic E-state index is 0.108. The van der Waals surface area contributed by atoms with Crippen molar-refractivity contribution in [2.24, 2.45) is 0 Å². The number of thiazole rings is 1. The number of benzene rings is 1. The van der Waals surface area contributed by atoms with Crippen LogP contribution in [-0.2, 0) is 11.3 Å². The van der Waals surface area contributed by atoms with Crippen LogP contribution in [-0.4, -0.2) is 41.8 Å². The SMILES string of the molecule is O=C(Nc1ccc2nc(N3CCOCC3)sc2c1)c1cccn1Cc1cccs1. The lowest BCUT2D eigenvalue weighted by molar-refractivity contribution is 0.101. The van der Waals surface area contributed by atoms with Gasteiger partial charge in [-0.05, 0) is 41.8 Å². The van der Waals surface area contributed by atoms with Crippen LogP contribution in [0.1, 0.15) is 15.4 Å². The lowest BCUT2D eigenvalue weighted by Crippen LogP contribution is -2.36. The van der Waals surface area contributed by atoms with E-state index >= 15 is 0 Å². The molecule has 1 aromatic carbocycles. The number of aromatic nitrogens is 2. The summed E-state index contributed by atoms with van der Waals surface area (Å²) in [6, 6.07) is 13.7. The first-order valence-corrected chi connectivity index (χ1v) is 11.2. The second-order valence-corrected chi connectivity index (χ2v) is 8.87. The fraction of sp³-hybridized carbons (Fsp3) is 0.238. The summed E-state index contributed by atoms with van der Waals surface area (Å²) in [5.74, 6) is -0.108. The molecule has 0 atom stereocenters. The molecule has 0 unspecified atom stereocenters. The van der Waals surface area contributed by atoms with Crippen molar-refractivity contribution in [2.75, 3.05) is 36.5 Å². The van der Waals surface area contributed by atoms with E-state index < -0.39 is 0 Å². The van der Waals surface area contributed by atoms with E-state index in [1.807, 2.05) is 52.5 Å². The van der Waals surface area contributed by atoms with Crippen LogP contribution in [0.3, 0.4) is 0 Å². The van der Waals surface area contributed by atoms with E-state index in [1.165, 1.54) is 4.88 Å². The second kappa shape index (κ2) is 7.98. The number of ether oxygens (including phenoxy) is 1. The minimum Gasteiger partial charge on any atom is -0.378 e. The van der Waals surface area contributed by atoms with Gasteiger partial charge in [0.2, 0.25) is 0 Å². The number of nitrogens with zero attached hydrogens (tertiary/aromatic N) is 3. The number of fused-ring (bicyclic) bond motifs is 1. The molecule has 1 amide bonds. The molecule has 0 saturated carbocycles. The third-order valence-corrected chi connectivity index (χ3v) is 6.83. The number of hydrogen-bond donors (Lipinski definition) is 1. The van der Waals surface area contributed by atoms with Crippen molar-refractivity contribution in [3.05, 3.63) is 64.6 Å². The number of nitrogens with one attached hydrogen (secondary N) is 1. The molecule has 4 heterocycles. The molecule has 1 aliphatic rings. The summed E-state index contributed by atoms with van der Waals surface area (Å²) in [6.07, 6.45) is 1.94. The fourth-order valence-electron chi connectivity index (χ4n) is 3.40. The van der Waals surface area contributed by atoms with E-state index in [2.05, 4.69) is 16.3 Å². The maximum atomic E-state index is 12.9. The minimum atomic E-state index is -0.108. The standard InChI is InChI=1S/C21H20N4O2S2/c26-20(18-4-1-7-25(18)14-16-3-2-12-28-16)22-15-5-6-17-19(13-15)29-21(23-17)24-8-10-27-11-9-24/h1-7,12-13H,8-11,14H2,(H,22,26). The highest BCUT2D eigenvalue weighted by Crippen LogP contribution is 2.31. The van der Waals surface area contributed by atoms with Crippen LogP contribution in [0.2, 0.25) is 0 Å². The molecule has 148 valence electrons. The van der Waals surface area contributed by atoms with Crippen LogP contribution in [0.25, 0.3) is 10.2 Å². The Morgan fingerprint density at radius 2 is 2.07 bits per heavy atom. The molecule has 0 radical (unpaired) electrons. The normalized spacial score (nSPS) is 14.4. The molecule has 4 aromatic rings. The predicted octanol–water partition coefficient (Wildman–Crippen LogP) is 4.30. The monoisotopic (exact) mass is 424 g/mol. The number of carbonyl (C=O) groups excluding carboxylic acids is 1. The van der Waals surface area contributed by atoms with E-state index in [0.717, 1.165) is 47.3 Å². The first kappa shape index (κ1) is 18.4. The molecule has 1 aliphatic heterocycles. The molecule has 1 N–H and O–H groups in total. The zero-order valence-corrected chi connectivity index (χ0v) is 17.3. The molecule has 6 nitrogen and oxygen atoms in total. The van der Waals surface area contributed by atoms with Crippen molar-refractivity contribution in [2.45, 2.75) is 6.54 Å². The molecule has 1 fully saturated rings. The Balaban J connectivity index is 1.34. The number of rotatable bonds is 5. The summed E-state index contributed by atoms with van der Waals surface area (Å²) in [6.45, 7) is 3.91. The van der Waals surface area contributed by atoms with Gasteiger partial charge >= 0.3 is 0 Å². The van der Waals surface area contributed by atoms with Crippen LogP contribution in [0, 0.1) is 0 Å². The molecular formula is C21H20N4O2S2. The highest BCUT2D eigenvalue weighted by molar-refractivity contribution is 7.22. The van der Waals surface area contributed by atoms with E-state index in [0.29, 0.717) is 12.2 Å². The fourth-order valence-corrected chi connectivity index (χ4v) is 5.16. The van der Waals surface area contributed by atoms with Crippen LogP contribution < -0.4 is 10.2 Å². The maximum Gasteiger partial charge on any atom is 0.272 e. The Hall–Kier alpha value is -2.68. The maximum absolute atomic E-state index is 12.9. The van der Waals surface area contributed by atoms with Gasteiger partial charge < -0.3 is 19.5 Å². The van der Waals surface area contributed by atoms with E-state index in [4.69, 9.17) is 9.72 Å². The van der Waals surface area contributed by atoms with Gasteiger partial charge in [0.05, 0.1) is 30.0 Å². The van der Waals surface area contributed by atoms with Crippen LogP contribution in [0.4, 0.5) is 10.8 Å². The van der Waals surface area contributed by atoms with Gasteiger partial charge in [0, 0.05) is 29.9 Å². The third-order valence-electron chi connectivity index (χ3n) is 4.89. The molecule has 0 aliphatic carbocycles. The zero-order valence-electron chi connectivity index (χ0n) is 15.7. The van der Waals surface area contributed by atoms with Gasteiger partial charge in [-0.2, -0.15) is 0 Å². The van der Waals surface area contributed by atoms with Gasteiger partial charge in [0.15, 0.2) is 5.13 Å². The average Bonchev–Trinajstić information content (AvgIpc) is 3.49. The Morgan fingerprint density at radius 3 is 2.90 bits per heavy atom. The number of thiophene rings is 1. The molecule has 0 spiro atoms. The lowest BCUT2D eigenvalue weighted by atomic mass is 10.3. The molecular weight excluding hydrogens is 404 g/mol. The number of carbonyl (C=O) groups is 1. The first-order valence-electron chi connectivity index (χ1n) is 9.48.